The highest BCUT2D eigenvalue weighted by Gasteiger charge is 2.18. The molecular weight excluding hydrogens is 236 g/mol. The Balaban J connectivity index is 2.64. The molecule has 0 aliphatic carbocycles. The summed E-state index contributed by atoms with van der Waals surface area (Å²) in [4.78, 5) is 0. The minimum atomic E-state index is -3.48. The Kier molecular flexibility index (Phi) is 4.33. The lowest BCUT2D eigenvalue weighted by molar-refractivity contribution is 0.203. The zero-order valence-electron chi connectivity index (χ0n) is 10.9. The predicted octanol–water partition coefficient (Wildman–Crippen LogP) is 2.89. The minimum Gasteiger partial charge on any atom is -0.269 e. The summed E-state index contributed by atoms with van der Waals surface area (Å²) in [6, 6.07) is 7.42. The van der Waals surface area contributed by atoms with E-state index in [0.717, 1.165) is 11.1 Å². The highest BCUT2D eigenvalue weighted by Crippen LogP contribution is 2.16. The maximum absolute atomic E-state index is 11.7. The molecule has 17 heavy (non-hydrogen) atoms. The van der Waals surface area contributed by atoms with E-state index in [1.807, 2.05) is 52.0 Å². The van der Waals surface area contributed by atoms with Gasteiger partial charge in [0.1, 0.15) is 5.75 Å². The molecule has 3 nitrogen and oxygen atoms in total. The van der Waals surface area contributed by atoms with Gasteiger partial charge in [-0.15, -0.1) is 0 Å². The molecular formula is C13H20O3S. The van der Waals surface area contributed by atoms with Crippen LogP contribution in [0.2, 0.25) is 0 Å². The van der Waals surface area contributed by atoms with Gasteiger partial charge in [0.15, 0.2) is 0 Å². The van der Waals surface area contributed by atoms with E-state index in [2.05, 4.69) is 0 Å². The molecule has 1 aromatic rings. The van der Waals surface area contributed by atoms with Crippen LogP contribution in [-0.4, -0.2) is 15.0 Å². The second-order valence-corrected chi connectivity index (χ2v) is 7.15. The van der Waals surface area contributed by atoms with E-state index in [4.69, 9.17) is 4.18 Å². The van der Waals surface area contributed by atoms with Crippen molar-refractivity contribution in [1.29, 1.82) is 0 Å². The zero-order chi connectivity index (χ0) is 13.1. The van der Waals surface area contributed by atoms with Crippen LogP contribution in [0.4, 0.5) is 0 Å². The lowest BCUT2D eigenvalue weighted by atomic mass is 9.99. The van der Waals surface area contributed by atoms with Crippen LogP contribution < -0.4 is 0 Å². The van der Waals surface area contributed by atoms with Gasteiger partial charge in [0, 0.05) is 0 Å². The number of hydrogen-bond donors (Lipinski definition) is 0. The van der Waals surface area contributed by atoms with Crippen LogP contribution in [0.15, 0.2) is 24.3 Å². The Hall–Kier alpha value is -0.870. The molecule has 0 saturated carbocycles. The van der Waals surface area contributed by atoms with Gasteiger partial charge in [0.05, 0.1) is 6.61 Å². The number of aryl methyl sites for hydroxylation is 1. The van der Waals surface area contributed by atoms with Gasteiger partial charge in [-0.1, -0.05) is 50.6 Å². The average Bonchev–Trinajstić information content (AvgIpc) is 2.18. The normalized spacial score (nSPS) is 12.7. The monoisotopic (exact) mass is 256 g/mol. The predicted molar refractivity (Wildman–Crippen MR) is 69.2 cm³/mol. The lowest BCUT2D eigenvalue weighted by Crippen LogP contribution is -2.19. The van der Waals surface area contributed by atoms with Crippen LogP contribution in [-0.2, 0) is 20.1 Å². The Morgan fingerprint density at radius 2 is 1.65 bits per heavy atom. The first-order chi connectivity index (χ1) is 7.68. The maximum Gasteiger partial charge on any atom is 0.271 e. The smallest absolute Gasteiger partial charge is 0.269 e. The number of rotatable bonds is 4. The van der Waals surface area contributed by atoms with Crippen molar-refractivity contribution in [3.63, 3.8) is 0 Å². The second kappa shape index (κ2) is 5.19. The number of hydrogen-bond acceptors (Lipinski definition) is 3. The summed E-state index contributed by atoms with van der Waals surface area (Å²) < 4.78 is 28.4. The topological polar surface area (TPSA) is 43.4 Å². The fourth-order valence-electron chi connectivity index (χ4n) is 1.20. The van der Waals surface area contributed by atoms with Crippen molar-refractivity contribution in [1.82, 2.24) is 0 Å². The molecule has 0 atom stereocenters. The summed E-state index contributed by atoms with van der Waals surface area (Å²) in [5.74, 6) is -0.0661. The largest absolute Gasteiger partial charge is 0.271 e. The van der Waals surface area contributed by atoms with E-state index in [0.29, 0.717) is 0 Å². The zero-order valence-corrected chi connectivity index (χ0v) is 11.7. The van der Waals surface area contributed by atoms with Gasteiger partial charge in [-0.05, 0) is 17.9 Å². The SMILES string of the molecule is Cc1ccc(CS(=O)(=O)OCC(C)(C)C)cc1. The van der Waals surface area contributed by atoms with Crippen molar-refractivity contribution >= 4 is 10.1 Å². The van der Waals surface area contributed by atoms with E-state index in [1.165, 1.54) is 0 Å². The highest BCUT2D eigenvalue weighted by atomic mass is 32.2. The van der Waals surface area contributed by atoms with Gasteiger partial charge in [-0.2, -0.15) is 8.42 Å². The third-order valence-corrected chi connectivity index (χ3v) is 3.30. The average molecular weight is 256 g/mol. The van der Waals surface area contributed by atoms with E-state index in [1.54, 1.807) is 0 Å². The van der Waals surface area contributed by atoms with Crippen molar-refractivity contribution in [2.45, 2.75) is 33.4 Å². The minimum absolute atomic E-state index is 0.0661. The first kappa shape index (κ1) is 14.2. The molecule has 1 aromatic carbocycles. The summed E-state index contributed by atoms with van der Waals surface area (Å²) in [6.07, 6.45) is 0. The van der Waals surface area contributed by atoms with Gasteiger partial charge in [-0.3, -0.25) is 4.18 Å². The molecule has 0 radical (unpaired) electrons. The van der Waals surface area contributed by atoms with Gasteiger partial charge in [0.25, 0.3) is 10.1 Å². The number of benzene rings is 1. The Morgan fingerprint density at radius 1 is 1.12 bits per heavy atom. The Bertz CT molecular complexity index is 452. The molecule has 0 aliphatic heterocycles. The van der Waals surface area contributed by atoms with Crippen LogP contribution in [0.5, 0.6) is 0 Å². The Morgan fingerprint density at radius 3 is 2.12 bits per heavy atom. The van der Waals surface area contributed by atoms with Crippen LogP contribution in [0.3, 0.4) is 0 Å². The van der Waals surface area contributed by atoms with E-state index in [9.17, 15) is 8.42 Å². The van der Waals surface area contributed by atoms with Crippen LogP contribution in [0, 0.1) is 12.3 Å². The molecule has 96 valence electrons. The summed E-state index contributed by atoms with van der Waals surface area (Å²) in [5, 5.41) is 0. The third kappa shape index (κ3) is 5.84. The molecule has 0 fully saturated rings. The van der Waals surface area contributed by atoms with Crippen molar-refractivity contribution < 1.29 is 12.6 Å². The molecule has 0 spiro atoms. The van der Waals surface area contributed by atoms with Crippen molar-refractivity contribution in [3.8, 4) is 0 Å². The molecule has 0 saturated heterocycles. The van der Waals surface area contributed by atoms with Crippen molar-refractivity contribution in [3.05, 3.63) is 35.4 Å². The lowest BCUT2D eigenvalue weighted by Gasteiger charge is -2.17. The van der Waals surface area contributed by atoms with E-state index >= 15 is 0 Å². The van der Waals surface area contributed by atoms with Crippen LogP contribution in [0.1, 0.15) is 31.9 Å². The molecule has 0 amide bonds. The molecule has 4 heteroatoms. The second-order valence-electron chi connectivity index (χ2n) is 5.51. The summed E-state index contributed by atoms with van der Waals surface area (Å²) >= 11 is 0. The molecule has 0 aliphatic rings. The fraction of sp³-hybridized carbons (Fsp3) is 0.538. The summed E-state index contributed by atoms with van der Waals surface area (Å²) in [7, 11) is -3.48. The highest BCUT2D eigenvalue weighted by molar-refractivity contribution is 7.85. The van der Waals surface area contributed by atoms with Crippen molar-refractivity contribution in [2.24, 2.45) is 5.41 Å². The standard InChI is InChI=1S/C13H20O3S/c1-11-5-7-12(8-6-11)9-17(14,15)16-10-13(2,3)4/h5-8H,9-10H2,1-4H3. The summed E-state index contributed by atoms with van der Waals surface area (Å²) in [5.41, 5.74) is 1.71. The van der Waals surface area contributed by atoms with Gasteiger partial charge in [-0.25, -0.2) is 0 Å². The van der Waals surface area contributed by atoms with Gasteiger partial charge >= 0.3 is 0 Å². The molecule has 0 aromatic heterocycles. The fourth-order valence-corrected chi connectivity index (χ4v) is 2.41. The first-order valence-electron chi connectivity index (χ1n) is 5.61. The van der Waals surface area contributed by atoms with Crippen molar-refractivity contribution in [2.75, 3.05) is 6.61 Å². The molecule has 0 unspecified atom stereocenters. The quantitative estimate of drug-likeness (QED) is 0.778. The molecule has 0 heterocycles. The van der Waals surface area contributed by atoms with Gasteiger partial charge < -0.3 is 0 Å². The van der Waals surface area contributed by atoms with Crippen LogP contribution >= 0.6 is 0 Å². The maximum atomic E-state index is 11.7. The van der Waals surface area contributed by atoms with Crippen LogP contribution in [0.25, 0.3) is 0 Å². The van der Waals surface area contributed by atoms with E-state index < -0.39 is 10.1 Å². The molecule has 0 N–H and O–H groups in total. The molecule has 0 bridgehead atoms. The van der Waals surface area contributed by atoms with Gasteiger partial charge in [0.2, 0.25) is 0 Å². The molecule has 1 rings (SSSR count). The Labute approximate surface area is 104 Å². The van der Waals surface area contributed by atoms with E-state index in [-0.39, 0.29) is 17.8 Å². The summed E-state index contributed by atoms with van der Waals surface area (Å²) in [6.45, 7) is 7.99. The first-order valence-corrected chi connectivity index (χ1v) is 7.18. The third-order valence-electron chi connectivity index (χ3n) is 2.14.